The second-order valence-corrected chi connectivity index (χ2v) is 8.03. The Bertz CT molecular complexity index is 665. The highest BCUT2D eigenvalue weighted by Gasteiger charge is 2.26. The van der Waals surface area contributed by atoms with Crippen LogP contribution in [-0.4, -0.2) is 11.4 Å². The number of rotatable bonds is 4. The van der Waals surface area contributed by atoms with Gasteiger partial charge in [0.25, 0.3) is 0 Å². The summed E-state index contributed by atoms with van der Waals surface area (Å²) in [6, 6.07) is 14.5. The highest BCUT2D eigenvalue weighted by molar-refractivity contribution is 5.85. The summed E-state index contributed by atoms with van der Waals surface area (Å²) < 4.78 is 0. The van der Waals surface area contributed by atoms with Gasteiger partial charge >= 0.3 is 0 Å². The van der Waals surface area contributed by atoms with Gasteiger partial charge in [0.1, 0.15) is 0 Å². The maximum atomic E-state index is 12.3. The molecule has 1 amide bonds. The predicted molar refractivity (Wildman–Crippen MR) is 93.9 cm³/mol. The third-order valence-corrected chi connectivity index (χ3v) is 3.63. The molecule has 2 nitrogen and oxygen atoms in total. The van der Waals surface area contributed by atoms with Crippen molar-refractivity contribution in [3.8, 4) is 0 Å². The molecular formula is C20H27NO. The number of hydrogen-bond donors (Lipinski definition) is 1. The lowest BCUT2D eigenvalue weighted by molar-refractivity contribution is -0.122. The van der Waals surface area contributed by atoms with Crippen LogP contribution in [-0.2, 0) is 11.2 Å². The third kappa shape index (κ3) is 4.87. The van der Waals surface area contributed by atoms with Crippen LogP contribution in [0.2, 0.25) is 0 Å². The Morgan fingerprint density at radius 2 is 1.59 bits per heavy atom. The summed E-state index contributed by atoms with van der Waals surface area (Å²) in [5.41, 5.74) is 1.06. The van der Waals surface area contributed by atoms with Gasteiger partial charge in [-0.25, -0.2) is 0 Å². The fraction of sp³-hybridized carbons (Fsp3) is 0.450. The number of hydrogen-bond acceptors (Lipinski definition) is 1. The van der Waals surface area contributed by atoms with E-state index in [0.29, 0.717) is 6.42 Å². The maximum absolute atomic E-state index is 12.3. The zero-order chi connectivity index (χ0) is 16.4. The van der Waals surface area contributed by atoms with E-state index in [2.05, 4.69) is 64.2 Å². The Labute approximate surface area is 133 Å². The summed E-state index contributed by atoms with van der Waals surface area (Å²) in [5, 5.41) is 5.56. The fourth-order valence-electron chi connectivity index (χ4n) is 3.33. The molecule has 0 aromatic heterocycles. The molecule has 2 aromatic rings. The Morgan fingerprint density at radius 1 is 0.955 bits per heavy atom. The Hall–Kier alpha value is -1.83. The van der Waals surface area contributed by atoms with E-state index < -0.39 is 0 Å². The largest absolute Gasteiger partial charge is 0.351 e. The summed E-state index contributed by atoms with van der Waals surface area (Å²) in [5.74, 6) is 0.0875. The second kappa shape index (κ2) is 6.12. The monoisotopic (exact) mass is 297 g/mol. The topological polar surface area (TPSA) is 29.1 Å². The minimum Gasteiger partial charge on any atom is -0.351 e. The first-order chi connectivity index (χ1) is 10.1. The first kappa shape index (κ1) is 16.5. The summed E-state index contributed by atoms with van der Waals surface area (Å²) in [6.07, 6.45) is 1.38. The summed E-state index contributed by atoms with van der Waals surface area (Å²) in [7, 11) is 0. The number of carbonyl (C=O) groups excluding carboxylic acids is 1. The van der Waals surface area contributed by atoms with E-state index in [-0.39, 0.29) is 16.9 Å². The zero-order valence-electron chi connectivity index (χ0n) is 14.4. The normalized spacial score (nSPS) is 12.4. The molecule has 2 rings (SSSR count). The zero-order valence-corrected chi connectivity index (χ0v) is 14.4. The Kier molecular flexibility index (Phi) is 4.60. The number of benzene rings is 2. The van der Waals surface area contributed by atoms with Crippen LogP contribution in [0.4, 0.5) is 0 Å². The smallest absolute Gasteiger partial charge is 0.224 e. The van der Waals surface area contributed by atoms with Crippen molar-refractivity contribution in [3.05, 3.63) is 48.0 Å². The van der Waals surface area contributed by atoms with E-state index in [1.165, 1.54) is 10.8 Å². The number of amides is 1. The summed E-state index contributed by atoms with van der Waals surface area (Å²) >= 11 is 0. The first-order valence-corrected chi connectivity index (χ1v) is 7.93. The molecule has 2 aromatic carbocycles. The lowest BCUT2D eigenvalue weighted by Gasteiger charge is -2.33. The minimum absolute atomic E-state index is 0.0875. The molecule has 2 heteroatoms. The van der Waals surface area contributed by atoms with Crippen LogP contribution in [0.1, 0.15) is 46.6 Å². The fourth-order valence-corrected chi connectivity index (χ4v) is 3.33. The lowest BCUT2D eigenvalue weighted by atomic mass is 9.81. The van der Waals surface area contributed by atoms with Crippen LogP contribution in [0, 0.1) is 5.41 Å². The molecule has 0 heterocycles. The SMILES string of the molecule is CC(C)(C)CC(C)(C)NC(=O)Cc1ccc2ccccc2c1. The van der Waals surface area contributed by atoms with E-state index in [0.717, 1.165) is 12.0 Å². The van der Waals surface area contributed by atoms with Crippen molar-refractivity contribution in [2.24, 2.45) is 5.41 Å². The van der Waals surface area contributed by atoms with Crippen LogP contribution in [0.25, 0.3) is 10.8 Å². The highest BCUT2D eigenvalue weighted by atomic mass is 16.1. The van der Waals surface area contributed by atoms with Crippen LogP contribution >= 0.6 is 0 Å². The second-order valence-electron chi connectivity index (χ2n) is 8.03. The van der Waals surface area contributed by atoms with Crippen molar-refractivity contribution < 1.29 is 4.79 Å². The van der Waals surface area contributed by atoms with Gasteiger partial charge < -0.3 is 5.32 Å². The van der Waals surface area contributed by atoms with Gasteiger partial charge in [0, 0.05) is 5.54 Å². The quantitative estimate of drug-likeness (QED) is 0.869. The average Bonchev–Trinajstić information content (AvgIpc) is 2.34. The molecule has 1 N–H and O–H groups in total. The van der Waals surface area contributed by atoms with Gasteiger partial charge in [0.05, 0.1) is 6.42 Å². The number of nitrogens with one attached hydrogen (secondary N) is 1. The molecule has 0 saturated heterocycles. The standard InChI is InChI=1S/C20H27NO/c1-19(2,3)14-20(4,5)21-18(22)13-15-10-11-16-8-6-7-9-17(16)12-15/h6-12H,13-14H2,1-5H3,(H,21,22). The molecule has 0 fully saturated rings. The lowest BCUT2D eigenvalue weighted by Crippen LogP contribution is -2.46. The Balaban J connectivity index is 2.04. The molecule has 0 bridgehead atoms. The predicted octanol–water partition coefficient (Wildman–Crippen LogP) is 4.71. The molecule has 0 unspecified atom stereocenters. The van der Waals surface area contributed by atoms with Gasteiger partial charge in [-0.15, -0.1) is 0 Å². The third-order valence-electron chi connectivity index (χ3n) is 3.63. The average molecular weight is 297 g/mol. The van der Waals surface area contributed by atoms with Crippen LogP contribution in [0.3, 0.4) is 0 Å². The van der Waals surface area contributed by atoms with E-state index in [1.54, 1.807) is 0 Å². The van der Waals surface area contributed by atoms with Crippen molar-refractivity contribution in [1.29, 1.82) is 0 Å². The molecule has 118 valence electrons. The minimum atomic E-state index is -0.188. The van der Waals surface area contributed by atoms with E-state index >= 15 is 0 Å². The molecular weight excluding hydrogens is 270 g/mol. The van der Waals surface area contributed by atoms with Crippen molar-refractivity contribution >= 4 is 16.7 Å². The van der Waals surface area contributed by atoms with E-state index in [9.17, 15) is 4.79 Å². The first-order valence-electron chi connectivity index (χ1n) is 7.93. The highest BCUT2D eigenvalue weighted by Crippen LogP contribution is 2.27. The van der Waals surface area contributed by atoms with Gasteiger partial charge in [-0.05, 0) is 42.0 Å². The molecule has 0 saturated carbocycles. The summed E-state index contributed by atoms with van der Waals surface area (Å²) in [6.45, 7) is 10.8. The molecule has 0 radical (unpaired) electrons. The van der Waals surface area contributed by atoms with Crippen LogP contribution in [0.15, 0.2) is 42.5 Å². The maximum Gasteiger partial charge on any atom is 0.224 e. The van der Waals surface area contributed by atoms with Gasteiger partial charge in [0.2, 0.25) is 5.91 Å². The van der Waals surface area contributed by atoms with Crippen molar-refractivity contribution in [1.82, 2.24) is 5.32 Å². The molecule has 0 atom stereocenters. The van der Waals surface area contributed by atoms with Gasteiger partial charge in [0.15, 0.2) is 0 Å². The van der Waals surface area contributed by atoms with Crippen molar-refractivity contribution in [2.75, 3.05) is 0 Å². The number of carbonyl (C=O) groups is 1. The van der Waals surface area contributed by atoms with Gasteiger partial charge in [-0.2, -0.15) is 0 Å². The van der Waals surface area contributed by atoms with Crippen LogP contribution < -0.4 is 5.32 Å². The molecule has 0 spiro atoms. The van der Waals surface area contributed by atoms with Crippen molar-refractivity contribution in [2.45, 2.75) is 53.0 Å². The van der Waals surface area contributed by atoms with Gasteiger partial charge in [-0.1, -0.05) is 63.2 Å². The van der Waals surface area contributed by atoms with Crippen LogP contribution in [0.5, 0.6) is 0 Å². The molecule has 0 aliphatic rings. The molecule has 0 aliphatic carbocycles. The van der Waals surface area contributed by atoms with E-state index in [4.69, 9.17) is 0 Å². The Morgan fingerprint density at radius 3 is 2.23 bits per heavy atom. The molecule has 0 aliphatic heterocycles. The summed E-state index contributed by atoms with van der Waals surface area (Å²) in [4.78, 5) is 12.3. The number of fused-ring (bicyclic) bond motifs is 1. The van der Waals surface area contributed by atoms with Gasteiger partial charge in [-0.3, -0.25) is 4.79 Å². The molecule has 22 heavy (non-hydrogen) atoms. The van der Waals surface area contributed by atoms with Crippen molar-refractivity contribution in [3.63, 3.8) is 0 Å². The van der Waals surface area contributed by atoms with E-state index in [1.807, 2.05) is 18.2 Å².